The van der Waals surface area contributed by atoms with Crippen LogP contribution in [0.25, 0.3) is 0 Å². The van der Waals surface area contributed by atoms with Gasteiger partial charge in [0.05, 0.1) is 34.1 Å². The zero-order valence-electron chi connectivity index (χ0n) is 22.2. The Morgan fingerprint density at radius 2 is 1.43 bits per heavy atom. The van der Waals surface area contributed by atoms with Gasteiger partial charge in [-0.15, -0.1) is 0 Å². The fourth-order valence-electron chi connectivity index (χ4n) is 4.55. The molecular weight excluding hydrogens is 442 g/mol. The summed E-state index contributed by atoms with van der Waals surface area (Å²) in [6.45, 7) is 4.42. The maximum Gasteiger partial charge on any atom is 0.172 e. The number of benzene rings is 2. The first-order chi connectivity index (χ1) is 17.1. The molecule has 0 bridgehead atoms. The highest BCUT2D eigenvalue weighted by atomic mass is 16.7. The average molecular weight is 484 g/mol. The number of ether oxygens (including phenoxy) is 4. The number of unbranched alkanes of at least 4 members (excludes halogenated alkanes) is 4. The van der Waals surface area contributed by atoms with Crippen molar-refractivity contribution in [1.29, 1.82) is 0 Å². The van der Waals surface area contributed by atoms with E-state index in [-0.39, 0.29) is 0 Å². The van der Waals surface area contributed by atoms with Crippen LogP contribution in [0.15, 0.2) is 36.0 Å². The normalized spacial score (nSPS) is 12.7. The van der Waals surface area contributed by atoms with Gasteiger partial charge in [0.1, 0.15) is 17.2 Å². The number of allylic oxidation sites excluding steroid dienone is 2. The Morgan fingerprint density at radius 1 is 0.743 bits per heavy atom. The van der Waals surface area contributed by atoms with E-state index in [1.165, 1.54) is 18.5 Å². The summed E-state index contributed by atoms with van der Waals surface area (Å²) >= 11 is 0. The number of anilines is 1. The molecule has 6 heteroatoms. The van der Waals surface area contributed by atoms with Crippen molar-refractivity contribution in [2.24, 2.45) is 0 Å². The SMILES string of the molecule is CCCCCC1=CCc2c(OC)cc(Oc3c(CCCCC)cc(OC)cc3OC)cc2N1OC. The molecule has 1 aliphatic rings. The Bertz CT molecular complexity index is 1000. The minimum absolute atomic E-state index is 0.649. The van der Waals surface area contributed by atoms with Crippen LogP contribution in [0, 0.1) is 0 Å². The molecule has 0 N–H and O–H groups in total. The summed E-state index contributed by atoms with van der Waals surface area (Å²) in [7, 11) is 6.73. The second-order valence-corrected chi connectivity index (χ2v) is 8.83. The summed E-state index contributed by atoms with van der Waals surface area (Å²) in [4.78, 5) is 5.84. The summed E-state index contributed by atoms with van der Waals surface area (Å²) in [5.74, 6) is 3.58. The maximum atomic E-state index is 6.53. The quantitative estimate of drug-likeness (QED) is 0.258. The minimum atomic E-state index is 0.649. The van der Waals surface area contributed by atoms with Crippen LogP contribution in [0.1, 0.15) is 69.9 Å². The number of fused-ring (bicyclic) bond motifs is 1. The summed E-state index contributed by atoms with van der Waals surface area (Å²) in [6.07, 6.45) is 11.8. The molecule has 2 aromatic carbocycles. The van der Waals surface area contributed by atoms with Crippen LogP contribution in [0.5, 0.6) is 28.7 Å². The van der Waals surface area contributed by atoms with Crippen LogP contribution in [-0.2, 0) is 17.7 Å². The van der Waals surface area contributed by atoms with Crippen LogP contribution in [0.3, 0.4) is 0 Å². The molecule has 3 rings (SSSR count). The lowest BCUT2D eigenvalue weighted by Crippen LogP contribution is -2.25. The highest BCUT2D eigenvalue weighted by molar-refractivity contribution is 5.68. The average Bonchev–Trinajstić information content (AvgIpc) is 2.88. The van der Waals surface area contributed by atoms with Gasteiger partial charge in [0.25, 0.3) is 0 Å². The van der Waals surface area contributed by atoms with Crippen molar-refractivity contribution in [2.75, 3.05) is 33.5 Å². The van der Waals surface area contributed by atoms with Gasteiger partial charge in [0, 0.05) is 35.0 Å². The Kier molecular flexibility index (Phi) is 10.2. The zero-order valence-corrected chi connectivity index (χ0v) is 22.2. The van der Waals surface area contributed by atoms with Gasteiger partial charge in [-0.25, -0.2) is 5.06 Å². The number of methoxy groups -OCH3 is 3. The van der Waals surface area contributed by atoms with Crippen molar-refractivity contribution < 1.29 is 23.8 Å². The topological polar surface area (TPSA) is 49.4 Å². The van der Waals surface area contributed by atoms with Gasteiger partial charge in [-0.1, -0.05) is 45.6 Å². The van der Waals surface area contributed by atoms with Crippen LogP contribution < -0.4 is 24.0 Å². The highest BCUT2D eigenvalue weighted by Crippen LogP contribution is 2.44. The van der Waals surface area contributed by atoms with Crippen molar-refractivity contribution in [3.63, 3.8) is 0 Å². The number of hydrogen-bond acceptors (Lipinski definition) is 6. The van der Waals surface area contributed by atoms with E-state index in [0.29, 0.717) is 17.2 Å². The number of hydrogen-bond donors (Lipinski definition) is 0. The van der Waals surface area contributed by atoms with Crippen molar-refractivity contribution in [2.45, 2.75) is 71.6 Å². The van der Waals surface area contributed by atoms with Gasteiger partial charge in [0.15, 0.2) is 11.5 Å². The highest BCUT2D eigenvalue weighted by Gasteiger charge is 2.25. The molecular formula is C29H41NO5. The van der Waals surface area contributed by atoms with Crippen molar-refractivity contribution in [3.05, 3.63) is 47.2 Å². The zero-order chi connectivity index (χ0) is 25.2. The first kappa shape index (κ1) is 26.7. The van der Waals surface area contributed by atoms with Gasteiger partial charge in [-0.05, 0) is 38.2 Å². The first-order valence-corrected chi connectivity index (χ1v) is 12.8. The third kappa shape index (κ3) is 6.43. The molecule has 0 fully saturated rings. The van der Waals surface area contributed by atoms with Gasteiger partial charge in [0.2, 0.25) is 0 Å². The lowest BCUT2D eigenvalue weighted by molar-refractivity contribution is 0.183. The maximum absolute atomic E-state index is 6.53. The van der Waals surface area contributed by atoms with E-state index in [2.05, 4.69) is 19.9 Å². The number of rotatable bonds is 14. The largest absolute Gasteiger partial charge is 0.497 e. The van der Waals surface area contributed by atoms with E-state index in [1.807, 2.05) is 29.3 Å². The molecule has 192 valence electrons. The molecule has 0 spiro atoms. The predicted octanol–water partition coefficient (Wildman–Crippen LogP) is 7.63. The first-order valence-electron chi connectivity index (χ1n) is 12.8. The second-order valence-electron chi connectivity index (χ2n) is 8.83. The third-order valence-electron chi connectivity index (χ3n) is 6.45. The van der Waals surface area contributed by atoms with Crippen molar-refractivity contribution >= 4 is 5.69 Å². The Balaban J connectivity index is 1.99. The lowest BCUT2D eigenvalue weighted by Gasteiger charge is -2.31. The molecule has 0 radical (unpaired) electrons. The van der Waals surface area contributed by atoms with Gasteiger partial charge in [-0.2, -0.15) is 0 Å². The molecule has 1 heterocycles. The number of nitrogens with zero attached hydrogens (tertiary/aromatic N) is 1. The van der Waals surface area contributed by atoms with Crippen molar-refractivity contribution in [3.8, 4) is 28.7 Å². The number of aryl methyl sites for hydroxylation is 1. The standard InChI is InChI=1S/C29H41NO5/c1-7-9-11-13-21-17-23(31-3)19-28(33-5)29(21)35-24-18-26-25(27(20-24)32-4)16-15-22(30(26)34-6)14-12-10-8-2/h15,17-20H,7-14,16H2,1-6H3. The van der Waals surface area contributed by atoms with Gasteiger partial charge >= 0.3 is 0 Å². The summed E-state index contributed by atoms with van der Waals surface area (Å²) < 4.78 is 23.5. The molecule has 0 aromatic heterocycles. The molecule has 0 saturated carbocycles. The van der Waals surface area contributed by atoms with Crippen LogP contribution in [0.4, 0.5) is 5.69 Å². The van der Waals surface area contributed by atoms with Crippen molar-refractivity contribution in [1.82, 2.24) is 0 Å². The minimum Gasteiger partial charge on any atom is -0.497 e. The summed E-state index contributed by atoms with van der Waals surface area (Å²) in [5, 5.41) is 1.91. The Morgan fingerprint density at radius 3 is 2.06 bits per heavy atom. The molecule has 35 heavy (non-hydrogen) atoms. The fourth-order valence-corrected chi connectivity index (χ4v) is 4.55. The Labute approximate surface area is 210 Å². The molecule has 0 atom stereocenters. The summed E-state index contributed by atoms with van der Waals surface area (Å²) in [6, 6.07) is 7.89. The molecule has 0 aliphatic carbocycles. The number of hydroxylamine groups is 1. The van der Waals surface area contributed by atoms with E-state index in [9.17, 15) is 0 Å². The lowest BCUT2D eigenvalue weighted by atomic mass is 10.00. The van der Waals surface area contributed by atoms with E-state index in [1.54, 1.807) is 28.4 Å². The predicted molar refractivity (Wildman–Crippen MR) is 141 cm³/mol. The van der Waals surface area contributed by atoms with Crippen LogP contribution in [0.2, 0.25) is 0 Å². The fraction of sp³-hybridized carbons (Fsp3) is 0.517. The molecule has 2 aromatic rings. The van der Waals surface area contributed by atoms with Gasteiger partial charge in [-0.3, -0.25) is 4.84 Å². The van der Waals surface area contributed by atoms with E-state index in [4.69, 9.17) is 23.8 Å². The molecule has 0 saturated heterocycles. The van der Waals surface area contributed by atoms with Crippen LogP contribution in [-0.4, -0.2) is 28.4 Å². The molecule has 0 amide bonds. The smallest absolute Gasteiger partial charge is 0.172 e. The van der Waals surface area contributed by atoms with E-state index in [0.717, 1.165) is 73.3 Å². The second kappa shape index (κ2) is 13.3. The Hall–Kier alpha value is -2.86. The van der Waals surface area contributed by atoms with Crippen LogP contribution >= 0.6 is 0 Å². The molecule has 6 nitrogen and oxygen atoms in total. The molecule has 1 aliphatic heterocycles. The summed E-state index contributed by atoms with van der Waals surface area (Å²) in [5.41, 5.74) is 4.28. The van der Waals surface area contributed by atoms with E-state index < -0.39 is 0 Å². The molecule has 0 unspecified atom stereocenters. The monoisotopic (exact) mass is 483 g/mol. The van der Waals surface area contributed by atoms with E-state index >= 15 is 0 Å². The van der Waals surface area contributed by atoms with Gasteiger partial charge < -0.3 is 18.9 Å². The third-order valence-corrected chi connectivity index (χ3v) is 6.45.